The highest BCUT2D eigenvalue weighted by Crippen LogP contribution is 2.56. The third kappa shape index (κ3) is 4.42. The molecule has 26 heavy (non-hydrogen) atoms. The highest BCUT2D eigenvalue weighted by molar-refractivity contribution is 9.10. The first-order valence-corrected chi connectivity index (χ1v) is 5.88. The van der Waals surface area contributed by atoms with Gasteiger partial charge in [0.2, 0.25) is 0 Å². The standard InChI is InChI=1S/C8BrF15O2/c9-5(17,18)8(23,24)26-7(21,22)4(15,16)3(13,14)6(19,20)25-2(12)1(10)11. The van der Waals surface area contributed by atoms with Gasteiger partial charge >= 0.3 is 47.1 Å². The van der Waals surface area contributed by atoms with Crippen molar-refractivity contribution < 1.29 is 75.3 Å². The predicted octanol–water partition coefficient (Wildman–Crippen LogP) is 6.09. The average molecular weight is 493 g/mol. The Bertz CT molecular complexity index is 546. The molecule has 0 fully saturated rings. The van der Waals surface area contributed by atoms with Gasteiger partial charge in [0.25, 0.3) is 0 Å². The number of halogens is 16. The monoisotopic (exact) mass is 492 g/mol. The van der Waals surface area contributed by atoms with Crippen LogP contribution in [0.4, 0.5) is 65.9 Å². The molecule has 0 N–H and O–H groups in total. The maximum absolute atomic E-state index is 12.9. The molecule has 0 aliphatic heterocycles. The van der Waals surface area contributed by atoms with E-state index in [4.69, 9.17) is 0 Å². The largest absolute Gasteiger partial charge is 0.473 e. The predicted molar refractivity (Wildman–Crippen MR) is 51.1 cm³/mol. The fourth-order valence-corrected chi connectivity index (χ4v) is 0.945. The second kappa shape index (κ2) is 6.83. The Kier molecular flexibility index (Phi) is 6.55. The van der Waals surface area contributed by atoms with Crippen molar-refractivity contribution >= 4 is 15.9 Å². The molecule has 0 rings (SSSR count). The normalized spacial score (nSPS) is 15.1. The lowest BCUT2D eigenvalue weighted by atomic mass is 10.1. The van der Waals surface area contributed by atoms with E-state index in [0.717, 1.165) is 0 Å². The summed E-state index contributed by atoms with van der Waals surface area (Å²) in [5.74, 6) is -15.5. The Morgan fingerprint density at radius 1 is 0.577 bits per heavy atom. The molecule has 2 nitrogen and oxygen atoms in total. The number of hydrogen-bond acceptors (Lipinski definition) is 2. The van der Waals surface area contributed by atoms with Crippen LogP contribution in [0.25, 0.3) is 0 Å². The van der Waals surface area contributed by atoms with Crippen LogP contribution in [0, 0.1) is 0 Å². The smallest absolute Gasteiger partial charge is 0.397 e. The van der Waals surface area contributed by atoms with E-state index in [1.165, 1.54) is 0 Å². The fraction of sp³-hybridized carbons (Fsp3) is 0.750. The lowest BCUT2D eigenvalue weighted by molar-refractivity contribution is -0.501. The molecule has 0 aliphatic carbocycles. The molecule has 0 heterocycles. The number of alkyl halides is 13. The molecular weight excluding hydrogens is 493 g/mol. The number of ether oxygens (including phenoxy) is 2. The van der Waals surface area contributed by atoms with Crippen molar-refractivity contribution in [3.8, 4) is 0 Å². The topological polar surface area (TPSA) is 18.5 Å². The molecule has 0 atom stereocenters. The van der Waals surface area contributed by atoms with Gasteiger partial charge in [-0.3, -0.25) is 0 Å². The Morgan fingerprint density at radius 2 is 0.923 bits per heavy atom. The van der Waals surface area contributed by atoms with Gasteiger partial charge in [-0.25, -0.2) is 4.74 Å². The molecule has 0 amide bonds. The van der Waals surface area contributed by atoms with Crippen molar-refractivity contribution in [1.29, 1.82) is 0 Å². The minimum Gasteiger partial charge on any atom is -0.397 e. The van der Waals surface area contributed by atoms with Crippen molar-refractivity contribution in [2.24, 2.45) is 0 Å². The van der Waals surface area contributed by atoms with Gasteiger partial charge in [-0.2, -0.15) is 65.9 Å². The Hall–Kier alpha value is -1.07. The second-order valence-electron chi connectivity index (χ2n) is 3.94. The molecular formula is C8BrF15O2. The first kappa shape index (κ1) is 24.9. The van der Waals surface area contributed by atoms with Crippen molar-refractivity contribution in [2.45, 2.75) is 35.0 Å². The second-order valence-corrected chi connectivity index (χ2v) is 4.93. The lowest BCUT2D eigenvalue weighted by Gasteiger charge is -2.36. The minimum absolute atomic E-state index is 0.672. The molecule has 0 saturated heterocycles. The van der Waals surface area contributed by atoms with E-state index in [9.17, 15) is 65.9 Å². The molecule has 0 bridgehead atoms. The van der Waals surface area contributed by atoms with Crippen LogP contribution in [0.3, 0.4) is 0 Å². The SMILES string of the molecule is FC(F)=C(F)OC(F)(F)C(F)(F)C(F)(F)C(F)(F)OC(F)(F)C(F)(F)Br. The molecule has 0 aromatic rings. The molecule has 156 valence electrons. The molecule has 0 aromatic heterocycles. The Morgan fingerprint density at radius 3 is 1.23 bits per heavy atom. The zero-order chi connectivity index (χ0) is 21.6. The maximum atomic E-state index is 12.9. The van der Waals surface area contributed by atoms with Crippen LogP contribution in [0.5, 0.6) is 0 Å². The Labute approximate surface area is 139 Å². The zero-order valence-corrected chi connectivity index (χ0v) is 12.4. The van der Waals surface area contributed by atoms with Crippen LogP contribution in [0.1, 0.15) is 0 Å². The van der Waals surface area contributed by atoms with Gasteiger partial charge in [0.05, 0.1) is 0 Å². The molecule has 18 heteroatoms. The molecule has 0 unspecified atom stereocenters. The zero-order valence-electron chi connectivity index (χ0n) is 10.9. The van der Waals surface area contributed by atoms with Gasteiger partial charge in [0.15, 0.2) is 0 Å². The summed E-state index contributed by atoms with van der Waals surface area (Å²) in [6.07, 6.45) is -25.3. The quantitative estimate of drug-likeness (QED) is 0.232. The number of hydrogen-bond donors (Lipinski definition) is 0. The van der Waals surface area contributed by atoms with Crippen LogP contribution in [-0.2, 0) is 9.47 Å². The van der Waals surface area contributed by atoms with Gasteiger partial charge in [-0.15, -0.1) is 0 Å². The maximum Gasteiger partial charge on any atom is 0.473 e. The summed E-state index contributed by atoms with van der Waals surface area (Å²) >= 11 is 0.672. The minimum atomic E-state index is -7.81. The van der Waals surface area contributed by atoms with E-state index >= 15 is 0 Å². The van der Waals surface area contributed by atoms with Gasteiger partial charge < -0.3 is 4.74 Å². The first-order valence-electron chi connectivity index (χ1n) is 5.09. The van der Waals surface area contributed by atoms with E-state index in [2.05, 4.69) is 0 Å². The summed E-state index contributed by atoms with van der Waals surface area (Å²) in [5.41, 5.74) is 0. The van der Waals surface area contributed by atoms with Crippen LogP contribution < -0.4 is 0 Å². The molecule has 0 aliphatic rings. The van der Waals surface area contributed by atoms with Crippen LogP contribution >= 0.6 is 15.9 Å². The van der Waals surface area contributed by atoms with Crippen molar-refractivity contribution in [3.05, 3.63) is 12.1 Å². The summed E-state index contributed by atoms with van der Waals surface area (Å²) in [4.78, 5) is -5.87. The third-order valence-electron chi connectivity index (χ3n) is 2.08. The van der Waals surface area contributed by atoms with Crippen molar-refractivity contribution in [2.75, 3.05) is 0 Å². The van der Waals surface area contributed by atoms with E-state index in [0.29, 0.717) is 15.9 Å². The highest BCUT2D eigenvalue weighted by atomic mass is 79.9. The number of rotatable bonds is 8. The van der Waals surface area contributed by atoms with Crippen molar-refractivity contribution in [3.63, 3.8) is 0 Å². The van der Waals surface area contributed by atoms with E-state index in [1.54, 1.807) is 4.74 Å². The summed E-state index contributed by atoms with van der Waals surface area (Å²) < 4.78 is 190. The Balaban J connectivity index is 5.99. The lowest BCUT2D eigenvalue weighted by Crippen LogP contribution is -2.65. The van der Waals surface area contributed by atoms with E-state index in [1.807, 2.05) is 4.74 Å². The van der Waals surface area contributed by atoms with E-state index < -0.39 is 47.1 Å². The molecule has 0 saturated carbocycles. The third-order valence-corrected chi connectivity index (χ3v) is 2.54. The highest BCUT2D eigenvalue weighted by Gasteiger charge is 2.85. The van der Waals surface area contributed by atoms with Crippen LogP contribution in [0.15, 0.2) is 12.1 Å². The summed E-state index contributed by atoms with van der Waals surface area (Å²) in [6.45, 7) is 0. The van der Waals surface area contributed by atoms with Gasteiger partial charge in [0.1, 0.15) is 0 Å². The fourth-order valence-electron chi connectivity index (χ4n) is 0.864. The summed E-state index contributed by atoms with van der Waals surface area (Å²) in [5, 5.41) is 0. The van der Waals surface area contributed by atoms with E-state index in [-0.39, 0.29) is 0 Å². The summed E-state index contributed by atoms with van der Waals surface area (Å²) in [7, 11) is 0. The van der Waals surface area contributed by atoms with Crippen LogP contribution in [-0.4, -0.2) is 35.0 Å². The van der Waals surface area contributed by atoms with Crippen LogP contribution in [0.2, 0.25) is 0 Å². The first-order chi connectivity index (χ1) is 11.0. The molecule has 0 radical (unpaired) electrons. The van der Waals surface area contributed by atoms with Gasteiger partial charge in [-0.1, -0.05) is 0 Å². The molecule has 0 aromatic carbocycles. The van der Waals surface area contributed by atoms with Gasteiger partial charge in [0, 0.05) is 15.9 Å². The molecule has 0 spiro atoms. The van der Waals surface area contributed by atoms with Crippen molar-refractivity contribution in [1.82, 2.24) is 0 Å². The average Bonchev–Trinajstić information content (AvgIpc) is 2.34. The van der Waals surface area contributed by atoms with Gasteiger partial charge in [-0.05, 0) is 0 Å². The summed E-state index contributed by atoms with van der Waals surface area (Å²) in [6, 6.07) is -3.91.